The summed E-state index contributed by atoms with van der Waals surface area (Å²) in [6.45, 7) is -2.76. The molecule has 0 aromatic carbocycles. The van der Waals surface area contributed by atoms with Gasteiger partial charge in [0, 0.05) is 6.61 Å². The third-order valence-electron chi connectivity index (χ3n) is 1.16. The van der Waals surface area contributed by atoms with Gasteiger partial charge < -0.3 is 4.74 Å². The molecule has 11 heavy (non-hydrogen) atoms. The molecule has 0 spiro atoms. The third kappa shape index (κ3) is 10.1. The van der Waals surface area contributed by atoms with E-state index in [-0.39, 0.29) is 5.44 Å². The van der Waals surface area contributed by atoms with Crippen molar-refractivity contribution in [2.45, 2.75) is 31.4 Å². The molecule has 0 N–H and O–H groups in total. The molecule has 0 saturated carbocycles. The quantitative estimate of drug-likeness (QED) is 0.575. The minimum absolute atomic E-state index is 0.230. The lowest BCUT2D eigenvalue weighted by molar-refractivity contribution is 0.00819. The summed E-state index contributed by atoms with van der Waals surface area (Å²) in [7, 11) is 0. The highest BCUT2D eigenvalue weighted by Crippen LogP contribution is 2.14. The van der Waals surface area contributed by atoms with Crippen LogP contribution < -0.4 is 0 Å². The van der Waals surface area contributed by atoms with Crippen molar-refractivity contribution >= 4 is 12.6 Å². The maximum absolute atomic E-state index is 9.67. The van der Waals surface area contributed by atoms with Gasteiger partial charge >= 0.3 is 6.68 Å². The molecule has 0 amide bonds. The van der Waals surface area contributed by atoms with E-state index in [1.54, 1.807) is 0 Å². The van der Waals surface area contributed by atoms with E-state index in [2.05, 4.69) is 12.6 Å². The molecule has 0 aromatic rings. The highest BCUT2D eigenvalue weighted by molar-refractivity contribution is 7.80. The fourth-order valence-corrected chi connectivity index (χ4v) is 1.01. The van der Waals surface area contributed by atoms with Gasteiger partial charge in [0.15, 0.2) is 0 Å². The first-order valence-electron chi connectivity index (χ1n) is 3.35. The number of ether oxygens (including phenoxy) is 1. The Labute approximate surface area is 69.3 Å². The second-order valence-corrected chi connectivity index (χ2v) is 2.64. The van der Waals surface area contributed by atoms with Gasteiger partial charge in [-0.3, -0.25) is 0 Å². The van der Waals surface area contributed by atoms with Crippen molar-refractivity contribution in [1.82, 2.24) is 0 Å². The maximum atomic E-state index is 9.67. The predicted octanol–water partition coefficient (Wildman–Crippen LogP) is 2.62. The Balaban J connectivity index is 0.000000218. The van der Waals surface area contributed by atoms with Crippen molar-refractivity contribution in [1.29, 1.82) is 0 Å². The van der Waals surface area contributed by atoms with Crippen molar-refractivity contribution in [3.8, 4) is 0 Å². The number of hydrogen-bond donors (Lipinski definition) is 1. The predicted molar refractivity (Wildman–Crippen MR) is 39.7 cm³/mol. The number of hydrogen-bond acceptors (Lipinski definition) is 2. The Morgan fingerprint density at radius 1 is 1.27 bits per heavy atom. The van der Waals surface area contributed by atoms with Gasteiger partial charge in [-0.05, 0) is 19.3 Å². The number of thiol groups is 1. The summed E-state index contributed by atoms with van der Waals surface area (Å²) in [6, 6.07) is 0. The molecule has 0 bridgehead atoms. The lowest BCUT2D eigenvalue weighted by Gasteiger charge is -2.16. The molecular formula is C6H11F3OS. The van der Waals surface area contributed by atoms with Crippen LogP contribution in [0.4, 0.5) is 13.2 Å². The number of rotatable bonds is 0. The average Bonchev–Trinajstić information content (AvgIpc) is 1.87. The first-order valence-corrected chi connectivity index (χ1v) is 3.86. The van der Waals surface area contributed by atoms with Crippen LogP contribution in [0.15, 0.2) is 0 Å². The Morgan fingerprint density at radius 3 is 2.00 bits per heavy atom. The number of alkyl halides is 3. The summed E-state index contributed by atoms with van der Waals surface area (Å²) < 4.78 is 34.1. The third-order valence-corrected chi connectivity index (χ3v) is 1.56. The average molecular weight is 188 g/mol. The molecule has 1 aliphatic heterocycles. The van der Waals surface area contributed by atoms with Crippen LogP contribution in [0.1, 0.15) is 19.3 Å². The molecule has 1 saturated heterocycles. The van der Waals surface area contributed by atoms with Gasteiger partial charge in [0.05, 0.1) is 5.44 Å². The van der Waals surface area contributed by atoms with Gasteiger partial charge in [-0.25, -0.2) is 0 Å². The molecule has 1 unspecified atom stereocenters. The van der Waals surface area contributed by atoms with Crippen LogP contribution in [0.2, 0.25) is 0 Å². The van der Waals surface area contributed by atoms with Crippen LogP contribution in [0.25, 0.3) is 0 Å². The van der Waals surface area contributed by atoms with E-state index in [1.807, 2.05) is 0 Å². The fourth-order valence-electron chi connectivity index (χ4n) is 0.724. The lowest BCUT2D eigenvalue weighted by atomic mass is 10.2. The second-order valence-electron chi connectivity index (χ2n) is 2.07. The summed E-state index contributed by atoms with van der Waals surface area (Å²) >= 11 is 4.14. The van der Waals surface area contributed by atoms with Crippen LogP contribution in [0, 0.1) is 0 Å². The molecule has 68 valence electrons. The molecule has 0 aliphatic carbocycles. The summed E-state index contributed by atoms with van der Waals surface area (Å²) in [4.78, 5) is 0. The maximum Gasteiger partial charge on any atom is 0.379 e. The highest BCUT2D eigenvalue weighted by Gasteiger charge is 2.06. The van der Waals surface area contributed by atoms with E-state index in [0.717, 1.165) is 13.0 Å². The molecule has 1 fully saturated rings. The van der Waals surface area contributed by atoms with Crippen LogP contribution in [-0.4, -0.2) is 18.7 Å². The van der Waals surface area contributed by atoms with E-state index < -0.39 is 6.68 Å². The zero-order valence-electron chi connectivity index (χ0n) is 5.97. The van der Waals surface area contributed by atoms with E-state index in [0.29, 0.717) is 0 Å². The smallest absolute Gasteiger partial charge is 0.368 e. The molecule has 1 heterocycles. The molecule has 1 rings (SSSR count). The van der Waals surface area contributed by atoms with E-state index in [9.17, 15) is 13.2 Å². The molecule has 5 heteroatoms. The van der Waals surface area contributed by atoms with Gasteiger partial charge in [0.2, 0.25) is 0 Å². The largest absolute Gasteiger partial charge is 0.379 e. The fraction of sp³-hybridized carbons (Fsp3) is 1.00. The van der Waals surface area contributed by atoms with Crippen molar-refractivity contribution in [2.75, 3.05) is 6.61 Å². The Morgan fingerprint density at radius 2 is 1.82 bits per heavy atom. The first kappa shape index (κ1) is 11.1. The minimum atomic E-state index is -3.67. The number of halogens is 3. The molecule has 0 aromatic heterocycles. The zero-order valence-corrected chi connectivity index (χ0v) is 6.87. The zero-order chi connectivity index (χ0) is 8.69. The van der Waals surface area contributed by atoms with E-state index in [4.69, 9.17) is 4.74 Å². The monoisotopic (exact) mass is 188 g/mol. The summed E-state index contributed by atoms with van der Waals surface area (Å²) in [5.41, 5.74) is 0.230. The standard InChI is InChI=1S/C5H10OS.CHF3/c7-5-3-1-2-4-6-5;2-1(3)4/h5,7H,1-4H2;1H. The normalized spacial score (nSPS) is 24.3. The lowest BCUT2D eigenvalue weighted by Crippen LogP contribution is -2.11. The topological polar surface area (TPSA) is 9.23 Å². The van der Waals surface area contributed by atoms with Crippen molar-refractivity contribution in [3.63, 3.8) is 0 Å². The van der Waals surface area contributed by atoms with E-state index in [1.165, 1.54) is 12.8 Å². The SMILES string of the molecule is FC(F)F.SC1CCCCO1. The molecular weight excluding hydrogens is 177 g/mol. The van der Waals surface area contributed by atoms with Crippen molar-refractivity contribution < 1.29 is 17.9 Å². The Bertz CT molecular complexity index is 83.1. The van der Waals surface area contributed by atoms with Crippen molar-refractivity contribution in [2.24, 2.45) is 0 Å². The van der Waals surface area contributed by atoms with Crippen LogP contribution in [0.3, 0.4) is 0 Å². The van der Waals surface area contributed by atoms with Gasteiger partial charge in [0.1, 0.15) is 0 Å². The Kier molecular flexibility index (Phi) is 6.85. The minimum Gasteiger partial charge on any atom is -0.368 e. The van der Waals surface area contributed by atoms with Crippen molar-refractivity contribution in [3.05, 3.63) is 0 Å². The second kappa shape index (κ2) is 6.79. The summed E-state index contributed by atoms with van der Waals surface area (Å²) in [5.74, 6) is 0. The molecule has 1 nitrogen and oxygen atoms in total. The molecule has 1 aliphatic rings. The summed E-state index contributed by atoms with van der Waals surface area (Å²) in [6.07, 6.45) is 3.63. The Hall–Kier alpha value is 0.1000. The van der Waals surface area contributed by atoms with Gasteiger partial charge in [0.25, 0.3) is 0 Å². The first-order chi connectivity index (χ1) is 5.13. The van der Waals surface area contributed by atoms with Crippen LogP contribution in [-0.2, 0) is 4.74 Å². The molecule has 1 atom stereocenters. The van der Waals surface area contributed by atoms with Gasteiger partial charge in [-0.2, -0.15) is 13.2 Å². The highest BCUT2D eigenvalue weighted by atomic mass is 32.1. The van der Waals surface area contributed by atoms with Crippen LogP contribution >= 0.6 is 12.6 Å². The molecule has 0 radical (unpaired) electrons. The van der Waals surface area contributed by atoms with Gasteiger partial charge in [-0.1, -0.05) is 0 Å². The van der Waals surface area contributed by atoms with Crippen LogP contribution in [0.5, 0.6) is 0 Å². The summed E-state index contributed by atoms with van der Waals surface area (Å²) in [5, 5.41) is 0. The van der Waals surface area contributed by atoms with Gasteiger partial charge in [-0.15, -0.1) is 12.6 Å². The van der Waals surface area contributed by atoms with E-state index >= 15 is 0 Å².